The van der Waals surface area contributed by atoms with E-state index in [0.717, 1.165) is 10.9 Å². The van der Waals surface area contributed by atoms with Crippen molar-refractivity contribution in [2.45, 2.75) is 11.7 Å². The van der Waals surface area contributed by atoms with Gasteiger partial charge in [0.05, 0.1) is 13.2 Å². The molecule has 1 aromatic carbocycles. The summed E-state index contributed by atoms with van der Waals surface area (Å²) in [6.45, 7) is 0.468. The van der Waals surface area contributed by atoms with Crippen molar-refractivity contribution in [3.8, 4) is 0 Å². The molecule has 6 heteroatoms. The molecule has 0 aliphatic rings. The van der Waals surface area contributed by atoms with Gasteiger partial charge in [-0.1, -0.05) is 54.2 Å². The van der Waals surface area contributed by atoms with E-state index in [1.165, 1.54) is 5.56 Å². The van der Waals surface area contributed by atoms with E-state index in [2.05, 4.69) is 39.8 Å². The molecule has 1 heterocycles. The van der Waals surface area contributed by atoms with E-state index in [4.69, 9.17) is 5.11 Å². The largest absolute Gasteiger partial charge is 0.394 e. The Balaban J connectivity index is 1.85. The molecule has 0 unspecified atom stereocenters. The predicted octanol–water partition coefficient (Wildman–Crippen LogP) is 1.47. The number of benzene rings is 1. The van der Waals surface area contributed by atoms with Crippen molar-refractivity contribution in [1.82, 2.24) is 20.2 Å². The first-order valence-corrected chi connectivity index (χ1v) is 6.60. The SMILES string of the molecule is OCCn1nnnc1SCC=Cc1ccccc1. The molecular weight excluding hydrogens is 248 g/mol. The van der Waals surface area contributed by atoms with Crippen LogP contribution >= 0.6 is 11.8 Å². The van der Waals surface area contributed by atoms with E-state index in [0.29, 0.717) is 6.54 Å². The number of aliphatic hydroxyl groups excluding tert-OH is 1. The Hall–Kier alpha value is -1.66. The first-order chi connectivity index (χ1) is 8.90. The van der Waals surface area contributed by atoms with Gasteiger partial charge in [0, 0.05) is 5.75 Å². The molecule has 0 spiro atoms. The van der Waals surface area contributed by atoms with Crippen LogP contribution in [0.25, 0.3) is 6.08 Å². The number of rotatable bonds is 6. The zero-order chi connectivity index (χ0) is 12.6. The van der Waals surface area contributed by atoms with Crippen LogP contribution in [-0.2, 0) is 6.54 Å². The third-order valence-corrected chi connectivity index (χ3v) is 3.14. The second-order valence-corrected chi connectivity index (χ2v) is 4.52. The highest BCUT2D eigenvalue weighted by atomic mass is 32.2. The van der Waals surface area contributed by atoms with Gasteiger partial charge < -0.3 is 5.11 Å². The summed E-state index contributed by atoms with van der Waals surface area (Å²) in [4.78, 5) is 0. The van der Waals surface area contributed by atoms with Crippen molar-refractivity contribution in [2.24, 2.45) is 0 Å². The number of thioether (sulfide) groups is 1. The Bertz CT molecular complexity index is 498. The van der Waals surface area contributed by atoms with E-state index < -0.39 is 0 Å². The lowest BCUT2D eigenvalue weighted by Crippen LogP contribution is -2.05. The molecule has 18 heavy (non-hydrogen) atoms. The molecule has 5 nitrogen and oxygen atoms in total. The number of tetrazole rings is 1. The van der Waals surface area contributed by atoms with Gasteiger partial charge in [0.25, 0.3) is 0 Å². The summed E-state index contributed by atoms with van der Waals surface area (Å²) in [5, 5.41) is 20.8. The minimum Gasteiger partial charge on any atom is -0.394 e. The van der Waals surface area contributed by atoms with Gasteiger partial charge in [-0.25, -0.2) is 4.68 Å². The van der Waals surface area contributed by atoms with Crippen LogP contribution in [0.15, 0.2) is 41.6 Å². The van der Waals surface area contributed by atoms with Gasteiger partial charge >= 0.3 is 0 Å². The molecule has 2 rings (SSSR count). The van der Waals surface area contributed by atoms with Crippen LogP contribution in [0.1, 0.15) is 5.56 Å². The molecule has 0 aliphatic carbocycles. The van der Waals surface area contributed by atoms with E-state index in [1.54, 1.807) is 16.4 Å². The molecule has 2 aromatic rings. The average molecular weight is 262 g/mol. The normalized spacial score (nSPS) is 11.2. The van der Waals surface area contributed by atoms with E-state index >= 15 is 0 Å². The summed E-state index contributed by atoms with van der Waals surface area (Å²) in [6, 6.07) is 10.1. The van der Waals surface area contributed by atoms with E-state index in [9.17, 15) is 0 Å². The Morgan fingerprint density at radius 3 is 2.89 bits per heavy atom. The maximum Gasteiger partial charge on any atom is 0.209 e. The van der Waals surface area contributed by atoms with Crippen molar-refractivity contribution in [1.29, 1.82) is 0 Å². The Kier molecular flexibility index (Phi) is 4.92. The van der Waals surface area contributed by atoms with Gasteiger partial charge in [0.1, 0.15) is 0 Å². The molecule has 1 aromatic heterocycles. The van der Waals surface area contributed by atoms with Crippen molar-refractivity contribution in [2.75, 3.05) is 12.4 Å². The summed E-state index contributed by atoms with van der Waals surface area (Å²) in [5.74, 6) is 0.792. The number of hydrogen-bond acceptors (Lipinski definition) is 5. The van der Waals surface area contributed by atoms with Gasteiger partial charge in [-0.05, 0) is 16.0 Å². The molecule has 0 aliphatic heterocycles. The molecule has 1 N–H and O–H groups in total. The number of aliphatic hydroxyl groups is 1. The number of aromatic nitrogens is 4. The minimum absolute atomic E-state index is 0.0401. The van der Waals surface area contributed by atoms with Gasteiger partial charge in [-0.3, -0.25) is 0 Å². The minimum atomic E-state index is 0.0401. The smallest absolute Gasteiger partial charge is 0.209 e. The maximum atomic E-state index is 8.84. The lowest BCUT2D eigenvalue weighted by molar-refractivity contribution is 0.262. The summed E-state index contributed by atoms with van der Waals surface area (Å²) in [7, 11) is 0. The van der Waals surface area contributed by atoms with Gasteiger partial charge in [-0.15, -0.1) is 5.10 Å². The number of nitrogens with zero attached hydrogens (tertiary/aromatic N) is 4. The average Bonchev–Trinajstić information content (AvgIpc) is 2.84. The van der Waals surface area contributed by atoms with E-state index in [1.807, 2.05) is 18.2 Å². The summed E-state index contributed by atoms with van der Waals surface area (Å²) in [6.07, 6.45) is 4.13. The molecule has 0 atom stereocenters. The van der Waals surface area contributed by atoms with Gasteiger partial charge in [0.2, 0.25) is 5.16 Å². The fourth-order valence-corrected chi connectivity index (χ4v) is 2.12. The molecule has 0 bridgehead atoms. The highest BCUT2D eigenvalue weighted by Crippen LogP contribution is 2.14. The zero-order valence-electron chi connectivity index (χ0n) is 9.81. The topological polar surface area (TPSA) is 63.8 Å². The van der Waals surface area contributed by atoms with E-state index in [-0.39, 0.29) is 6.61 Å². The van der Waals surface area contributed by atoms with Gasteiger partial charge in [-0.2, -0.15) is 0 Å². The lowest BCUT2D eigenvalue weighted by Gasteiger charge is -1.99. The van der Waals surface area contributed by atoms with Crippen molar-refractivity contribution < 1.29 is 5.11 Å². The second-order valence-electron chi connectivity index (χ2n) is 3.53. The predicted molar refractivity (Wildman–Crippen MR) is 71.1 cm³/mol. The second kappa shape index (κ2) is 6.93. The standard InChI is InChI=1S/C12H14N4OS/c17-9-8-16-12(13-14-15-16)18-10-4-7-11-5-2-1-3-6-11/h1-7,17H,8-10H2. The quantitative estimate of drug-likeness (QED) is 0.799. The first-order valence-electron chi connectivity index (χ1n) is 5.61. The van der Waals surface area contributed by atoms with Crippen LogP contribution in [0.5, 0.6) is 0 Å². The monoisotopic (exact) mass is 262 g/mol. The summed E-state index contributed by atoms with van der Waals surface area (Å²) in [5.41, 5.74) is 1.17. The Labute approximate surface area is 110 Å². The third-order valence-electron chi connectivity index (χ3n) is 2.23. The first kappa shape index (κ1) is 12.8. The summed E-state index contributed by atoms with van der Waals surface area (Å²) >= 11 is 1.54. The third kappa shape index (κ3) is 3.68. The fraction of sp³-hybridized carbons (Fsp3) is 0.250. The Morgan fingerprint density at radius 1 is 1.28 bits per heavy atom. The van der Waals surface area contributed by atoms with Crippen molar-refractivity contribution in [3.05, 3.63) is 42.0 Å². The van der Waals surface area contributed by atoms with Crippen LogP contribution in [-0.4, -0.2) is 37.7 Å². The number of hydrogen-bond donors (Lipinski definition) is 1. The molecule has 94 valence electrons. The van der Waals surface area contributed by atoms with Crippen LogP contribution in [0.2, 0.25) is 0 Å². The Morgan fingerprint density at radius 2 is 2.11 bits per heavy atom. The molecule has 0 fully saturated rings. The van der Waals surface area contributed by atoms with Crippen LogP contribution in [0.3, 0.4) is 0 Å². The van der Waals surface area contributed by atoms with Crippen LogP contribution < -0.4 is 0 Å². The molecule has 0 amide bonds. The molecule has 0 saturated heterocycles. The van der Waals surface area contributed by atoms with Gasteiger partial charge in [0.15, 0.2) is 0 Å². The molecule has 0 saturated carbocycles. The molecular formula is C12H14N4OS. The van der Waals surface area contributed by atoms with Crippen LogP contribution in [0.4, 0.5) is 0 Å². The van der Waals surface area contributed by atoms with Crippen LogP contribution in [0, 0.1) is 0 Å². The highest BCUT2D eigenvalue weighted by Gasteiger charge is 2.04. The maximum absolute atomic E-state index is 8.84. The summed E-state index contributed by atoms with van der Waals surface area (Å²) < 4.78 is 1.60. The van der Waals surface area contributed by atoms with Crippen molar-refractivity contribution >= 4 is 17.8 Å². The fourth-order valence-electron chi connectivity index (χ4n) is 1.41. The lowest BCUT2D eigenvalue weighted by atomic mass is 10.2. The zero-order valence-corrected chi connectivity index (χ0v) is 10.6. The van der Waals surface area contributed by atoms with Crippen molar-refractivity contribution in [3.63, 3.8) is 0 Å². The highest BCUT2D eigenvalue weighted by molar-refractivity contribution is 7.99. The molecule has 0 radical (unpaired) electrons.